The predicted molar refractivity (Wildman–Crippen MR) is 69.3 cm³/mol. The van der Waals surface area contributed by atoms with Crippen molar-refractivity contribution in [2.75, 3.05) is 6.54 Å². The molecule has 0 atom stereocenters. The minimum atomic E-state index is -0.942. The van der Waals surface area contributed by atoms with E-state index in [0.717, 1.165) is 11.1 Å². The monoisotopic (exact) mass is 249 g/mol. The van der Waals surface area contributed by atoms with E-state index >= 15 is 0 Å². The molecule has 1 aromatic carbocycles. The fourth-order valence-electron chi connectivity index (χ4n) is 1.47. The van der Waals surface area contributed by atoms with E-state index in [-0.39, 0.29) is 18.9 Å². The fourth-order valence-corrected chi connectivity index (χ4v) is 1.47. The molecule has 4 heteroatoms. The Morgan fingerprint density at radius 2 is 2.00 bits per heavy atom. The highest BCUT2D eigenvalue weighted by atomic mass is 16.4. The van der Waals surface area contributed by atoms with Gasteiger partial charge in [-0.2, -0.15) is 0 Å². The predicted octanol–water partition coefficient (Wildman–Crippen LogP) is 1.76. The lowest BCUT2D eigenvalue weighted by Gasteiger charge is -2.19. The fraction of sp³-hybridized carbons (Fsp3) is 0.429. The van der Waals surface area contributed by atoms with Crippen molar-refractivity contribution in [2.45, 2.75) is 27.2 Å². The highest BCUT2D eigenvalue weighted by Crippen LogP contribution is 2.13. The van der Waals surface area contributed by atoms with E-state index in [2.05, 4.69) is 5.32 Å². The first-order chi connectivity index (χ1) is 8.31. The molecular formula is C14H19NO3. The second-order valence-corrected chi connectivity index (χ2v) is 5.13. The molecule has 1 amide bonds. The van der Waals surface area contributed by atoms with E-state index in [0.29, 0.717) is 0 Å². The van der Waals surface area contributed by atoms with Crippen molar-refractivity contribution in [3.8, 4) is 0 Å². The number of carbonyl (C=O) groups is 2. The SMILES string of the molecule is Cc1cccc(CC(=O)NCC(C)(C)C(=O)O)c1. The Bertz CT molecular complexity index is 452. The number of nitrogens with one attached hydrogen (secondary N) is 1. The number of carboxylic acid groups (broad SMARTS) is 1. The number of aliphatic carboxylic acids is 1. The molecule has 18 heavy (non-hydrogen) atoms. The van der Waals surface area contributed by atoms with Gasteiger partial charge in [0.15, 0.2) is 0 Å². The van der Waals surface area contributed by atoms with Gasteiger partial charge in [0, 0.05) is 6.54 Å². The van der Waals surface area contributed by atoms with Gasteiger partial charge in [-0.05, 0) is 26.3 Å². The quantitative estimate of drug-likeness (QED) is 0.835. The Morgan fingerprint density at radius 1 is 1.33 bits per heavy atom. The minimum Gasteiger partial charge on any atom is -0.481 e. The van der Waals surface area contributed by atoms with Crippen LogP contribution in [0.1, 0.15) is 25.0 Å². The zero-order valence-electron chi connectivity index (χ0n) is 11.0. The summed E-state index contributed by atoms with van der Waals surface area (Å²) >= 11 is 0. The third-order valence-corrected chi connectivity index (χ3v) is 2.75. The molecule has 1 rings (SSSR count). The first-order valence-electron chi connectivity index (χ1n) is 5.87. The number of hydrogen-bond donors (Lipinski definition) is 2. The van der Waals surface area contributed by atoms with Crippen LogP contribution in [-0.2, 0) is 16.0 Å². The Morgan fingerprint density at radius 3 is 2.56 bits per heavy atom. The van der Waals surface area contributed by atoms with E-state index in [1.54, 1.807) is 13.8 Å². The van der Waals surface area contributed by atoms with Crippen LogP contribution in [0.3, 0.4) is 0 Å². The van der Waals surface area contributed by atoms with Gasteiger partial charge in [-0.1, -0.05) is 29.8 Å². The third kappa shape index (κ3) is 4.20. The smallest absolute Gasteiger partial charge is 0.310 e. The maximum atomic E-state index is 11.7. The van der Waals surface area contributed by atoms with Crippen molar-refractivity contribution >= 4 is 11.9 Å². The summed E-state index contributed by atoms with van der Waals surface area (Å²) in [4.78, 5) is 22.6. The normalized spacial score (nSPS) is 11.1. The van der Waals surface area contributed by atoms with Crippen LogP contribution in [-0.4, -0.2) is 23.5 Å². The highest BCUT2D eigenvalue weighted by Gasteiger charge is 2.27. The summed E-state index contributed by atoms with van der Waals surface area (Å²) in [5.41, 5.74) is 1.09. The zero-order valence-corrected chi connectivity index (χ0v) is 11.0. The van der Waals surface area contributed by atoms with Crippen molar-refractivity contribution in [3.05, 3.63) is 35.4 Å². The van der Waals surface area contributed by atoms with Crippen molar-refractivity contribution in [2.24, 2.45) is 5.41 Å². The maximum absolute atomic E-state index is 11.7. The average molecular weight is 249 g/mol. The largest absolute Gasteiger partial charge is 0.481 e. The molecule has 1 aromatic rings. The molecule has 0 saturated heterocycles. The number of hydrogen-bond acceptors (Lipinski definition) is 2. The molecule has 0 bridgehead atoms. The van der Waals surface area contributed by atoms with Crippen molar-refractivity contribution in [1.82, 2.24) is 5.32 Å². The van der Waals surface area contributed by atoms with Crippen LogP contribution in [0.4, 0.5) is 0 Å². The first kappa shape index (κ1) is 14.2. The van der Waals surface area contributed by atoms with Gasteiger partial charge in [-0.15, -0.1) is 0 Å². The molecule has 0 radical (unpaired) electrons. The molecule has 0 saturated carbocycles. The molecule has 0 aliphatic carbocycles. The Labute approximate surface area is 107 Å². The van der Waals surface area contributed by atoms with Gasteiger partial charge in [0.1, 0.15) is 0 Å². The molecule has 98 valence electrons. The Hall–Kier alpha value is -1.84. The molecular weight excluding hydrogens is 230 g/mol. The number of benzene rings is 1. The third-order valence-electron chi connectivity index (χ3n) is 2.75. The summed E-state index contributed by atoms with van der Waals surface area (Å²) in [6.07, 6.45) is 0.275. The maximum Gasteiger partial charge on any atom is 0.310 e. The second kappa shape index (κ2) is 5.67. The molecule has 0 aromatic heterocycles. The van der Waals surface area contributed by atoms with Crippen LogP contribution >= 0.6 is 0 Å². The number of carbonyl (C=O) groups excluding carboxylic acids is 1. The summed E-state index contributed by atoms with van der Waals surface area (Å²) in [5.74, 6) is -1.08. The van der Waals surface area contributed by atoms with E-state index in [1.807, 2.05) is 31.2 Å². The number of amides is 1. The standard InChI is InChI=1S/C14H19NO3/c1-10-5-4-6-11(7-10)8-12(16)15-9-14(2,3)13(17)18/h4-7H,8-9H2,1-3H3,(H,15,16)(H,17,18). The molecule has 0 aliphatic heterocycles. The Kier molecular flexibility index (Phi) is 4.48. The van der Waals surface area contributed by atoms with Gasteiger partial charge in [-0.25, -0.2) is 0 Å². The summed E-state index contributed by atoms with van der Waals surface area (Å²) in [7, 11) is 0. The summed E-state index contributed by atoms with van der Waals surface area (Å²) < 4.78 is 0. The Balaban J connectivity index is 2.50. The lowest BCUT2D eigenvalue weighted by molar-refractivity contribution is -0.146. The average Bonchev–Trinajstić information content (AvgIpc) is 2.26. The van der Waals surface area contributed by atoms with E-state index < -0.39 is 11.4 Å². The van der Waals surface area contributed by atoms with Crippen LogP contribution < -0.4 is 5.32 Å². The highest BCUT2D eigenvalue weighted by molar-refractivity contribution is 5.80. The first-order valence-corrected chi connectivity index (χ1v) is 5.87. The molecule has 0 fully saturated rings. The van der Waals surface area contributed by atoms with Crippen molar-refractivity contribution in [3.63, 3.8) is 0 Å². The second-order valence-electron chi connectivity index (χ2n) is 5.13. The zero-order chi connectivity index (χ0) is 13.8. The lowest BCUT2D eigenvalue weighted by atomic mass is 9.94. The van der Waals surface area contributed by atoms with Crippen molar-refractivity contribution < 1.29 is 14.7 Å². The lowest BCUT2D eigenvalue weighted by Crippen LogP contribution is -2.39. The van der Waals surface area contributed by atoms with E-state index in [1.165, 1.54) is 0 Å². The minimum absolute atomic E-state index is 0.132. The van der Waals surface area contributed by atoms with Crippen LogP contribution in [0.5, 0.6) is 0 Å². The van der Waals surface area contributed by atoms with Gasteiger partial charge in [0.05, 0.1) is 11.8 Å². The molecule has 0 heterocycles. The van der Waals surface area contributed by atoms with E-state index in [9.17, 15) is 9.59 Å². The molecule has 2 N–H and O–H groups in total. The van der Waals surface area contributed by atoms with Gasteiger partial charge in [-0.3, -0.25) is 9.59 Å². The van der Waals surface area contributed by atoms with Gasteiger partial charge in [0.2, 0.25) is 5.91 Å². The van der Waals surface area contributed by atoms with Gasteiger partial charge < -0.3 is 10.4 Å². The van der Waals surface area contributed by atoms with Gasteiger partial charge in [0.25, 0.3) is 0 Å². The summed E-state index contributed by atoms with van der Waals surface area (Å²) in [5, 5.41) is 11.6. The van der Waals surface area contributed by atoms with Crippen LogP contribution in [0.2, 0.25) is 0 Å². The number of aryl methyl sites for hydroxylation is 1. The molecule has 4 nitrogen and oxygen atoms in total. The van der Waals surface area contributed by atoms with Gasteiger partial charge >= 0.3 is 5.97 Å². The van der Waals surface area contributed by atoms with E-state index in [4.69, 9.17) is 5.11 Å². The van der Waals surface area contributed by atoms with Crippen molar-refractivity contribution in [1.29, 1.82) is 0 Å². The summed E-state index contributed by atoms with van der Waals surface area (Å²) in [6.45, 7) is 5.27. The molecule has 0 spiro atoms. The van der Waals surface area contributed by atoms with Crippen LogP contribution in [0.25, 0.3) is 0 Å². The van der Waals surface area contributed by atoms with Crippen LogP contribution in [0, 0.1) is 12.3 Å². The summed E-state index contributed by atoms with van der Waals surface area (Å²) in [6, 6.07) is 7.70. The van der Waals surface area contributed by atoms with Crippen LogP contribution in [0.15, 0.2) is 24.3 Å². The molecule has 0 aliphatic rings. The number of rotatable bonds is 5. The topological polar surface area (TPSA) is 66.4 Å². The molecule has 0 unspecified atom stereocenters. The number of carboxylic acids is 1.